The molecule has 0 aliphatic carbocycles. The van der Waals surface area contributed by atoms with E-state index in [-0.39, 0.29) is 0 Å². The third-order valence-corrected chi connectivity index (χ3v) is 4.42. The molecule has 3 nitrogen and oxygen atoms in total. The molecule has 0 aromatic heterocycles. The third-order valence-electron chi connectivity index (χ3n) is 3.73. The smallest absolute Gasteiger partial charge is 0.120 e. The zero-order valence-electron chi connectivity index (χ0n) is 11.6. The molecule has 1 fully saturated rings. The highest BCUT2D eigenvalue weighted by Gasteiger charge is 2.19. The summed E-state index contributed by atoms with van der Waals surface area (Å²) in [4.78, 5) is 0. The van der Waals surface area contributed by atoms with Crippen molar-refractivity contribution in [2.24, 2.45) is 0 Å². The second-order valence-corrected chi connectivity index (χ2v) is 5.80. The zero-order valence-corrected chi connectivity index (χ0v) is 13.2. The molecule has 0 spiro atoms. The van der Waals surface area contributed by atoms with Crippen LogP contribution in [-0.2, 0) is 4.74 Å². The maximum absolute atomic E-state index is 5.69. The molecule has 19 heavy (non-hydrogen) atoms. The minimum absolute atomic E-state index is 0.351. The quantitative estimate of drug-likeness (QED) is 0.864. The fourth-order valence-corrected chi connectivity index (χ4v) is 3.23. The van der Waals surface area contributed by atoms with Gasteiger partial charge in [-0.2, -0.15) is 0 Å². The Labute approximate surface area is 123 Å². The van der Waals surface area contributed by atoms with E-state index in [0.717, 1.165) is 29.7 Å². The highest BCUT2D eigenvalue weighted by atomic mass is 79.9. The number of benzene rings is 1. The maximum Gasteiger partial charge on any atom is 0.120 e. The Balaban J connectivity index is 1.99. The summed E-state index contributed by atoms with van der Waals surface area (Å²) in [6, 6.07) is 6.51. The predicted molar refractivity (Wildman–Crippen MR) is 80.7 cm³/mol. The molecular weight excluding hydrogens is 306 g/mol. The van der Waals surface area contributed by atoms with E-state index in [1.807, 2.05) is 19.2 Å². The average Bonchev–Trinajstić information content (AvgIpc) is 2.94. The van der Waals surface area contributed by atoms with Crippen LogP contribution in [0, 0.1) is 0 Å². The van der Waals surface area contributed by atoms with Crippen molar-refractivity contribution < 1.29 is 9.47 Å². The molecule has 106 valence electrons. The maximum atomic E-state index is 5.69. The molecule has 2 unspecified atom stereocenters. The van der Waals surface area contributed by atoms with Crippen LogP contribution in [0.15, 0.2) is 22.7 Å². The summed E-state index contributed by atoms with van der Waals surface area (Å²) in [6.45, 7) is 0.932. The first-order valence-electron chi connectivity index (χ1n) is 6.87. The van der Waals surface area contributed by atoms with E-state index >= 15 is 0 Å². The molecular formula is C15H22BrNO2. The molecule has 2 rings (SSSR count). The Morgan fingerprint density at radius 3 is 2.95 bits per heavy atom. The molecule has 1 aromatic carbocycles. The molecule has 1 aliphatic rings. The Bertz CT molecular complexity index is 405. The fourth-order valence-electron chi connectivity index (χ4n) is 2.60. The van der Waals surface area contributed by atoms with Crippen molar-refractivity contribution in [2.45, 2.75) is 37.8 Å². The van der Waals surface area contributed by atoms with Crippen LogP contribution in [0.5, 0.6) is 5.75 Å². The molecule has 2 atom stereocenters. The Morgan fingerprint density at radius 1 is 1.53 bits per heavy atom. The first-order valence-corrected chi connectivity index (χ1v) is 7.66. The lowest BCUT2D eigenvalue weighted by Gasteiger charge is -2.20. The number of halogens is 1. The van der Waals surface area contributed by atoms with Crippen molar-refractivity contribution in [2.75, 3.05) is 20.8 Å². The summed E-state index contributed by atoms with van der Waals surface area (Å²) in [5.74, 6) is 0.879. The van der Waals surface area contributed by atoms with Crippen LogP contribution in [-0.4, -0.2) is 26.9 Å². The lowest BCUT2D eigenvalue weighted by atomic mass is 9.99. The van der Waals surface area contributed by atoms with Gasteiger partial charge in [0.05, 0.1) is 13.2 Å². The molecule has 1 N–H and O–H groups in total. The van der Waals surface area contributed by atoms with Crippen molar-refractivity contribution in [3.63, 3.8) is 0 Å². The van der Waals surface area contributed by atoms with Crippen LogP contribution in [0.25, 0.3) is 0 Å². The highest BCUT2D eigenvalue weighted by Crippen LogP contribution is 2.31. The number of ether oxygens (including phenoxy) is 2. The largest absolute Gasteiger partial charge is 0.497 e. The van der Waals surface area contributed by atoms with Gasteiger partial charge in [0.2, 0.25) is 0 Å². The third kappa shape index (κ3) is 3.94. The number of hydrogen-bond acceptors (Lipinski definition) is 3. The molecule has 0 amide bonds. The van der Waals surface area contributed by atoms with Crippen LogP contribution in [0.2, 0.25) is 0 Å². The van der Waals surface area contributed by atoms with Gasteiger partial charge in [-0.25, -0.2) is 0 Å². The van der Waals surface area contributed by atoms with Gasteiger partial charge >= 0.3 is 0 Å². The van der Waals surface area contributed by atoms with Gasteiger partial charge in [-0.05, 0) is 50.4 Å². The van der Waals surface area contributed by atoms with Gasteiger partial charge in [0, 0.05) is 17.1 Å². The van der Waals surface area contributed by atoms with Gasteiger partial charge in [-0.3, -0.25) is 0 Å². The van der Waals surface area contributed by atoms with Crippen LogP contribution in [0.3, 0.4) is 0 Å². The van der Waals surface area contributed by atoms with E-state index in [4.69, 9.17) is 9.47 Å². The lowest BCUT2D eigenvalue weighted by Crippen LogP contribution is -2.19. The average molecular weight is 328 g/mol. The molecule has 1 aliphatic heterocycles. The molecule has 1 saturated heterocycles. The van der Waals surface area contributed by atoms with E-state index in [0.29, 0.717) is 12.1 Å². The SMILES string of the molecule is CNC(CCC1CCCO1)c1ccc(OC)cc1Br. The fraction of sp³-hybridized carbons (Fsp3) is 0.600. The summed E-state index contributed by atoms with van der Waals surface area (Å²) >= 11 is 3.63. The van der Waals surface area contributed by atoms with Crippen LogP contribution in [0.4, 0.5) is 0 Å². The molecule has 1 heterocycles. The van der Waals surface area contributed by atoms with E-state index in [9.17, 15) is 0 Å². The Hall–Kier alpha value is -0.580. The van der Waals surface area contributed by atoms with Crippen LogP contribution < -0.4 is 10.1 Å². The van der Waals surface area contributed by atoms with Crippen molar-refractivity contribution >= 4 is 15.9 Å². The normalized spacial score (nSPS) is 20.5. The van der Waals surface area contributed by atoms with E-state index in [2.05, 4.69) is 27.3 Å². The molecule has 1 aromatic rings. The van der Waals surface area contributed by atoms with E-state index < -0.39 is 0 Å². The summed E-state index contributed by atoms with van der Waals surface area (Å²) in [5, 5.41) is 3.39. The summed E-state index contributed by atoms with van der Waals surface area (Å²) in [5.41, 5.74) is 1.28. The van der Waals surface area contributed by atoms with Gasteiger partial charge in [0.25, 0.3) is 0 Å². The van der Waals surface area contributed by atoms with Crippen LogP contribution in [0.1, 0.15) is 37.3 Å². The van der Waals surface area contributed by atoms with Crippen molar-refractivity contribution in [3.8, 4) is 5.75 Å². The van der Waals surface area contributed by atoms with Gasteiger partial charge in [0.1, 0.15) is 5.75 Å². The van der Waals surface area contributed by atoms with E-state index in [1.54, 1.807) is 7.11 Å². The monoisotopic (exact) mass is 327 g/mol. The topological polar surface area (TPSA) is 30.5 Å². The second kappa shape index (κ2) is 7.27. The van der Waals surface area contributed by atoms with Crippen LogP contribution >= 0.6 is 15.9 Å². The summed E-state index contributed by atoms with van der Waals surface area (Å²) in [6.07, 6.45) is 5.07. The first kappa shape index (κ1) is 14.8. The Morgan fingerprint density at radius 2 is 2.37 bits per heavy atom. The van der Waals surface area contributed by atoms with Gasteiger partial charge in [-0.1, -0.05) is 22.0 Å². The van der Waals surface area contributed by atoms with Gasteiger partial charge in [-0.15, -0.1) is 0 Å². The van der Waals surface area contributed by atoms with Crippen molar-refractivity contribution in [3.05, 3.63) is 28.2 Å². The number of hydrogen-bond donors (Lipinski definition) is 1. The number of methoxy groups -OCH3 is 1. The Kier molecular flexibility index (Phi) is 5.67. The minimum atomic E-state index is 0.351. The molecule has 0 radical (unpaired) electrons. The number of nitrogens with one attached hydrogen (secondary N) is 1. The summed E-state index contributed by atoms with van der Waals surface area (Å²) < 4.78 is 12.0. The predicted octanol–water partition coefficient (Wildman–Crippen LogP) is 3.68. The molecule has 4 heteroatoms. The lowest BCUT2D eigenvalue weighted by molar-refractivity contribution is 0.0998. The van der Waals surface area contributed by atoms with Crippen molar-refractivity contribution in [1.29, 1.82) is 0 Å². The first-order chi connectivity index (χ1) is 9.24. The molecule has 0 bridgehead atoms. The van der Waals surface area contributed by atoms with Gasteiger partial charge in [0.15, 0.2) is 0 Å². The minimum Gasteiger partial charge on any atom is -0.497 e. The second-order valence-electron chi connectivity index (χ2n) is 4.94. The van der Waals surface area contributed by atoms with E-state index in [1.165, 1.54) is 18.4 Å². The molecule has 0 saturated carbocycles. The zero-order chi connectivity index (χ0) is 13.7. The standard InChI is InChI=1S/C15H22BrNO2/c1-17-15(8-6-11-4-3-9-19-11)13-7-5-12(18-2)10-14(13)16/h5,7,10-11,15,17H,3-4,6,8-9H2,1-2H3. The summed E-state index contributed by atoms with van der Waals surface area (Å²) in [7, 11) is 3.70. The highest BCUT2D eigenvalue weighted by molar-refractivity contribution is 9.10. The van der Waals surface area contributed by atoms with Gasteiger partial charge < -0.3 is 14.8 Å². The number of rotatable bonds is 6. The van der Waals surface area contributed by atoms with Crippen molar-refractivity contribution in [1.82, 2.24) is 5.32 Å².